The van der Waals surface area contributed by atoms with Crippen molar-refractivity contribution in [1.82, 2.24) is 10.3 Å². The second-order valence-corrected chi connectivity index (χ2v) is 7.82. The second kappa shape index (κ2) is 10.6. The van der Waals surface area contributed by atoms with Gasteiger partial charge in [0.05, 0.1) is 18.3 Å². The normalized spacial score (nSPS) is 11.6. The molecule has 148 valence electrons. The number of nitrogens with zero attached hydrogens (tertiary/aromatic N) is 1. The van der Waals surface area contributed by atoms with Crippen LogP contribution in [0.4, 0.5) is 5.13 Å². The van der Waals surface area contributed by atoms with Crippen LogP contribution in [0.25, 0.3) is 0 Å². The molecule has 1 aromatic carbocycles. The Balaban J connectivity index is 0.00000364. The lowest BCUT2D eigenvalue weighted by atomic mass is 10.1. The summed E-state index contributed by atoms with van der Waals surface area (Å²) in [4.78, 5) is 29.2. The smallest absolute Gasteiger partial charge is 0.245 e. The van der Waals surface area contributed by atoms with Crippen molar-refractivity contribution in [3.63, 3.8) is 0 Å². The van der Waals surface area contributed by atoms with Gasteiger partial charge in [-0.2, -0.15) is 0 Å². The van der Waals surface area contributed by atoms with Gasteiger partial charge in [-0.1, -0.05) is 43.6 Å². The summed E-state index contributed by atoms with van der Waals surface area (Å²) in [5, 5.41) is 6.44. The van der Waals surface area contributed by atoms with Crippen molar-refractivity contribution in [2.45, 2.75) is 33.2 Å². The quantitative estimate of drug-likeness (QED) is 0.628. The highest BCUT2D eigenvalue weighted by Gasteiger charge is 2.18. The Labute approximate surface area is 174 Å². The van der Waals surface area contributed by atoms with E-state index in [1.54, 1.807) is 0 Å². The molecule has 0 spiro atoms. The highest BCUT2D eigenvalue weighted by Crippen LogP contribution is 2.27. The third kappa shape index (κ3) is 6.77. The van der Waals surface area contributed by atoms with E-state index in [1.165, 1.54) is 11.3 Å². The highest BCUT2D eigenvalue weighted by molar-refractivity contribution is 7.15. The van der Waals surface area contributed by atoms with Crippen molar-refractivity contribution < 1.29 is 9.59 Å². The number of hydrogen-bond acceptors (Lipinski definition) is 5. The Morgan fingerprint density at radius 1 is 1.30 bits per heavy atom. The van der Waals surface area contributed by atoms with E-state index in [-0.39, 0.29) is 36.7 Å². The molecule has 0 aliphatic rings. The Kier molecular flexibility index (Phi) is 9.18. The lowest BCUT2D eigenvalue weighted by Crippen LogP contribution is -2.46. The van der Waals surface area contributed by atoms with Crippen LogP contribution in [0.1, 0.15) is 30.0 Å². The first-order chi connectivity index (χ1) is 12.3. The van der Waals surface area contributed by atoms with Crippen LogP contribution in [0.5, 0.6) is 0 Å². The van der Waals surface area contributed by atoms with E-state index < -0.39 is 6.04 Å². The first kappa shape index (κ1) is 23.4. The summed E-state index contributed by atoms with van der Waals surface area (Å²) in [6.07, 6.45) is 0.652. The van der Waals surface area contributed by atoms with E-state index in [0.717, 1.165) is 16.1 Å². The van der Waals surface area contributed by atoms with E-state index >= 15 is 0 Å². The summed E-state index contributed by atoms with van der Waals surface area (Å²) < 4.78 is 0. The van der Waals surface area contributed by atoms with Gasteiger partial charge in [0, 0.05) is 16.3 Å². The number of nitrogens with two attached hydrogens (primary N) is 1. The average molecular weight is 431 g/mol. The molecule has 6 nitrogen and oxygen atoms in total. The lowest BCUT2D eigenvalue weighted by molar-refractivity contribution is -0.125. The largest absolute Gasteiger partial charge is 0.346 e. The highest BCUT2D eigenvalue weighted by atomic mass is 35.5. The summed E-state index contributed by atoms with van der Waals surface area (Å²) in [7, 11) is 0. The van der Waals surface area contributed by atoms with Gasteiger partial charge in [0.25, 0.3) is 0 Å². The first-order valence-electron chi connectivity index (χ1n) is 8.30. The van der Waals surface area contributed by atoms with Crippen molar-refractivity contribution in [2.75, 3.05) is 11.9 Å². The monoisotopic (exact) mass is 430 g/mol. The molecule has 27 heavy (non-hydrogen) atoms. The van der Waals surface area contributed by atoms with E-state index in [0.29, 0.717) is 16.6 Å². The molecule has 4 N–H and O–H groups in total. The average Bonchev–Trinajstić information content (AvgIpc) is 2.93. The number of rotatable bonds is 7. The first-order valence-corrected chi connectivity index (χ1v) is 9.50. The minimum Gasteiger partial charge on any atom is -0.346 e. The molecule has 2 amide bonds. The van der Waals surface area contributed by atoms with Crippen LogP contribution in [0.3, 0.4) is 0 Å². The Hall–Kier alpha value is -1.67. The summed E-state index contributed by atoms with van der Waals surface area (Å²) in [6, 6.07) is 7.00. The van der Waals surface area contributed by atoms with Gasteiger partial charge >= 0.3 is 0 Å². The summed E-state index contributed by atoms with van der Waals surface area (Å²) in [5.74, 6) is -0.677. The number of halogens is 2. The molecule has 0 radical (unpaired) electrons. The van der Waals surface area contributed by atoms with E-state index in [4.69, 9.17) is 17.3 Å². The molecule has 0 unspecified atom stereocenters. The zero-order chi connectivity index (χ0) is 19.3. The van der Waals surface area contributed by atoms with Crippen molar-refractivity contribution in [3.8, 4) is 0 Å². The Bertz CT molecular complexity index is 795. The molecule has 1 atom stereocenters. The van der Waals surface area contributed by atoms with Crippen LogP contribution < -0.4 is 16.4 Å². The topological polar surface area (TPSA) is 97.1 Å². The number of thiazole rings is 1. The molecule has 2 rings (SSSR count). The number of amides is 2. The van der Waals surface area contributed by atoms with Crippen molar-refractivity contribution >= 4 is 52.3 Å². The molecule has 1 heterocycles. The van der Waals surface area contributed by atoms with Gasteiger partial charge in [0.1, 0.15) is 0 Å². The molecule has 2 aromatic rings. The summed E-state index contributed by atoms with van der Waals surface area (Å²) in [5.41, 5.74) is 7.59. The zero-order valence-electron chi connectivity index (χ0n) is 15.4. The van der Waals surface area contributed by atoms with Gasteiger partial charge < -0.3 is 16.4 Å². The fourth-order valence-electron chi connectivity index (χ4n) is 2.21. The number of carbonyl (C=O) groups is 2. The molecule has 0 saturated heterocycles. The summed E-state index contributed by atoms with van der Waals surface area (Å²) in [6.45, 7) is 5.45. The molecule has 0 saturated carbocycles. The van der Waals surface area contributed by atoms with Gasteiger partial charge in [0.2, 0.25) is 11.8 Å². The third-order valence-electron chi connectivity index (χ3n) is 3.89. The molecule has 0 fully saturated rings. The molecule has 1 aromatic heterocycles. The number of hydrogen-bond donors (Lipinski definition) is 3. The van der Waals surface area contributed by atoms with Crippen LogP contribution in [-0.2, 0) is 16.0 Å². The van der Waals surface area contributed by atoms with E-state index in [1.807, 2.05) is 45.0 Å². The number of carbonyl (C=O) groups excluding carboxylic acids is 2. The predicted octanol–water partition coefficient (Wildman–Crippen LogP) is 3.16. The Morgan fingerprint density at radius 3 is 2.59 bits per heavy atom. The third-order valence-corrected chi connectivity index (χ3v) is 5.33. The van der Waals surface area contributed by atoms with Crippen LogP contribution in [-0.4, -0.2) is 29.4 Å². The van der Waals surface area contributed by atoms with Crippen molar-refractivity contribution in [3.05, 3.63) is 45.4 Å². The van der Waals surface area contributed by atoms with Gasteiger partial charge in [-0.25, -0.2) is 4.98 Å². The molecule has 0 aliphatic carbocycles. The van der Waals surface area contributed by atoms with E-state index in [2.05, 4.69) is 15.6 Å². The molecular formula is C18H24Cl2N4O2S. The van der Waals surface area contributed by atoms with Gasteiger partial charge in [-0.3, -0.25) is 9.59 Å². The van der Waals surface area contributed by atoms with Gasteiger partial charge in [0.15, 0.2) is 5.13 Å². The number of aryl methyl sites for hydroxylation is 1. The van der Waals surface area contributed by atoms with Crippen LogP contribution in [0, 0.1) is 12.8 Å². The fraction of sp³-hybridized carbons (Fsp3) is 0.389. The fourth-order valence-corrected chi connectivity index (χ4v) is 3.42. The summed E-state index contributed by atoms with van der Waals surface area (Å²) >= 11 is 7.60. The van der Waals surface area contributed by atoms with Crippen LogP contribution >= 0.6 is 35.3 Å². The van der Waals surface area contributed by atoms with Gasteiger partial charge in [-0.15, -0.1) is 23.7 Å². The van der Waals surface area contributed by atoms with Gasteiger partial charge in [-0.05, 0) is 24.5 Å². The molecular weight excluding hydrogens is 407 g/mol. The van der Waals surface area contributed by atoms with Crippen molar-refractivity contribution in [2.24, 2.45) is 11.7 Å². The van der Waals surface area contributed by atoms with E-state index in [9.17, 15) is 9.59 Å². The number of nitrogens with one attached hydrogen (secondary N) is 2. The zero-order valence-corrected chi connectivity index (χ0v) is 17.8. The molecule has 0 aliphatic heterocycles. The number of aromatic nitrogens is 1. The lowest BCUT2D eigenvalue weighted by Gasteiger charge is -2.14. The SMILES string of the molecule is Cc1nc(NC(=O)CNC(=O)[C@@H](N)C(C)C)sc1Cc1ccccc1Cl.Cl. The maximum absolute atomic E-state index is 12.0. The maximum Gasteiger partial charge on any atom is 0.245 e. The second-order valence-electron chi connectivity index (χ2n) is 6.33. The minimum absolute atomic E-state index is 0. The molecule has 0 bridgehead atoms. The number of anilines is 1. The molecule has 9 heteroatoms. The standard InChI is InChI=1S/C18H23ClN4O2S.ClH/c1-10(2)16(20)17(25)21-9-15(24)23-18-22-11(3)14(26-18)8-12-6-4-5-7-13(12)19;/h4-7,10,16H,8-9,20H2,1-3H3,(H,21,25)(H,22,23,24);1H/t16-;/m0./s1. The Morgan fingerprint density at radius 2 is 1.96 bits per heavy atom. The van der Waals surface area contributed by atoms with Crippen LogP contribution in [0.15, 0.2) is 24.3 Å². The minimum atomic E-state index is -0.632. The van der Waals surface area contributed by atoms with Crippen molar-refractivity contribution in [1.29, 1.82) is 0 Å². The van der Waals surface area contributed by atoms with Crippen LogP contribution in [0.2, 0.25) is 5.02 Å². The predicted molar refractivity (Wildman–Crippen MR) is 113 cm³/mol. The number of benzene rings is 1. The maximum atomic E-state index is 12.0.